The van der Waals surface area contributed by atoms with Crippen LogP contribution in [0.1, 0.15) is 31.2 Å². The number of pyridine rings is 1. The van der Waals surface area contributed by atoms with Crippen LogP contribution < -0.4 is 10.6 Å². The lowest BCUT2D eigenvalue weighted by atomic mass is 10.2. The maximum Gasteiger partial charge on any atom is 0.305 e. The minimum absolute atomic E-state index is 0.146. The summed E-state index contributed by atoms with van der Waals surface area (Å²) in [6, 6.07) is 3.76. The Hall–Kier alpha value is -1.82. The maximum absolute atomic E-state index is 11.0. The van der Waals surface area contributed by atoms with Crippen LogP contribution in [0.5, 0.6) is 0 Å². The van der Waals surface area contributed by atoms with Gasteiger partial charge in [0.1, 0.15) is 5.15 Å². The van der Waals surface area contributed by atoms with E-state index >= 15 is 0 Å². The Morgan fingerprint density at radius 1 is 1.26 bits per heavy atom. The second-order valence-electron chi connectivity index (χ2n) is 5.05. The van der Waals surface area contributed by atoms with Crippen molar-refractivity contribution in [3.8, 4) is 0 Å². The zero-order valence-corrected chi connectivity index (χ0v) is 14.5. The number of hydrogen-bond acceptors (Lipinski definition) is 4. The van der Waals surface area contributed by atoms with Gasteiger partial charge in [-0.05, 0) is 30.9 Å². The number of nitrogens with one attached hydrogen (secondary N) is 2. The molecule has 128 valence electrons. The van der Waals surface area contributed by atoms with E-state index in [2.05, 4.69) is 25.3 Å². The van der Waals surface area contributed by atoms with Crippen LogP contribution in [0.3, 0.4) is 0 Å². The molecule has 0 amide bonds. The van der Waals surface area contributed by atoms with E-state index in [1.54, 1.807) is 19.3 Å². The SMILES string of the molecule is CN=C(NCCCCCC(=O)OC)NCCc1ccc(Cl)nc1. The second kappa shape index (κ2) is 11.7. The molecule has 7 heteroatoms. The summed E-state index contributed by atoms with van der Waals surface area (Å²) >= 11 is 5.76. The molecule has 0 aliphatic carbocycles. The van der Waals surface area contributed by atoms with Gasteiger partial charge in [-0.1, -0.05) is 24.1 Å². The fourth-order valence-corrected chi connectivity index (χ4v) is 2.09. The van der Waals surface area contributed by atoms with E-state index in [1.807, 2.05) is 6.07 Å². The molecule has 1 aromatic heterocycles. The van der Waals surface area contributed by atoms with Crippen molar-refractivity contribution in [2.75, 3.05) is 27.2 Å². The Balaban J connectivity index is 2.10. The predicted octanol–water partition coefficient (Wildman–Crippen LogP) is 2.18. The number of carbonyl (C=O) groups is 1. The predicted molar refractivity (Wildman–Crippen MR) is 92.8 cm³/mol. The van der Waals surface area contributed by atoms with Gasteiger partial charge in [-0.25, -0.2) is 4.98 Å². The Bertz CT molecular complexity index is 491. The average molecular weight is 341 g/mol. The van der Waals surface area contributed by atoms with E-state index in [4.69, 9.17) is 11.6 Å². The minimum atomic E-state index is -0.146. The Morgan fingerprint density at radius 2 is 2.04 bits per heavy atom. The molecule has 23 heavy (non-hydrogen) atoms. The van der Waals surface area contributed by atoms with Gasteiger partial charge in [0.2, 0.25) is 0 Å². The van der Waals surface area contributed by atoms with E-state index < -0.39 is 0 Å². The van der Waals surface area contributed by atoms with Crippen molar-refractivity contribution in [3.05, 3.63) is 29.0 Å². The van der Waals surface area contributed by atoms with Crippen LogP contribution in [0.25, 0.3) is 0 Å². The molecule has 0 bridgehead atoms. The second-order valence-corrected chi connectivity index (χ2v) is 5.44. The molecule has 2 N–H and O–H groups in total. The molecule has 0 saturated heterocycles. The summed E-state index contributed by atoms with van der Waals surface area (Å²) in [5.41, 5.74) is 1.13. The molecule has 0 spiro atoms. The van der Waals surface area contributed by atoms with E-state index in [-0.39, 0.29) is 5.97 Å². The van der Waals surface area contributed by atoms with E-state index in [9.17, 15) is 4.79 Å². The average Bonchev–Trinajstić information content (AvgIpc) is 2.57. The van der Waals surface area contributed by atoms with E-state index in [1.165, 1.54) is 7.11 Å². The highest BCUT2D eigenvalue weighted by molar-refractivity contribution is 6.29. The molecule has 0 radical (unpaired) electrons. The fraction of sp³-hybridized carbons (Fsp3) is 0.562. The summed E-state index contributed by atoms with van der Waals surface area (Å²) in [6.45, 7) is 1.59. The van der Waals surface area contributed by atoms with Gasteiger partial charge in [0, 0.05) is 32.8 Å². The normalized spacial score (nSPS) is 11.2. The molecule has 0 atom stereocenters. The number of aromatic nitrogens is 1. The number of unbranched alkanes of at least 4 members (excludes halogenated alkanes) is 2. The van der Waals surface area contributed by atoms with Gasteiger partial charge in [0.05, 0.1) is 7.11 Å². The number of nitrogens with zero attached hydrogens (tertiary/aromatic N) is 2. The first-order valence-electron chi connectivity index (χ1n) is 7.77. The fourth-order valence-electron chi connectivity index (χ4n) is 1.98. The third-order valence-corrected chi connectivity index (χ3v) is 3.52. The lowest BCUT2D eigenvalue weighted by Gasteiger charge is -2.11. The molecule has 1 heterocycles. The molecule has 1 rings (SSSR count). The van der Waals surface area contributed by atoms with Crippen LogP contribution in [0, 0.1) is 0 Å². The number of halogens is 1. The minimum Gasteiger partial charge on any atom is -0.469 e. The highest BCUT2D eigenvalue weighted by atomic mass is 35.5. The number of guanidine groups is 1. The maximum atomic E-state index is 11.0. The summed E-state index contributed by atoms with van der Waals surface area (Å²) < 4.78 is 4.60. The Kier molecular flexibility index (Phi) is 9.79. The molecule has 0 aromatic carbocycles. The first kappa shape index (κ1) is 19.2. The third-order valence-electron chi connectivity index (χ3n) is 3.30. The molecule has 0 aliphatic heterocycles. The van der Waals surface area contributed by atoms with Crippen molar-refractivity contribution in [1.29, 1.82) is 0 Å². The summed E-state index contributed by atoms with van der Waals surface area (Å²) in [7, 11) is 3.16. The lowest BCUT2D eigenvalue weighted by molar-refractivity contribution is -0.140. The first-order valence-corrected chi connectivity index (χ1v) is 8.15. The first-order chi connectivity index (χ1) is 11.2. The lowest BCUT2D eigenvalue weighted by Crippen LogP contribution is -2.38. The third kappa shape index (κ3) is 9.03. The van der Waals surface area contributed by atoms with Crippen molar-refractivity contribution >= 4 is 23.5 Å². The number of hydrogen-bond donors (Lipinski definition) is 2. The van der Waals surface area contributed by atoms with Gasteiger partial charge in [-0.3, -0.25) is 9.79 Å². The van der Waals surface area contributed by atoms with Crippen molar-refractivity contribution in [3.63, 3.8) is 0 Å². The number of aliphatic imine (C=N–C) groups is 1. The molecule has 1 aromatic rings. The monoisotopic (exact) mass is 340 g/mol. The summed E-state index contributed by atoms with van der Waals surface area (Å²) in [4.78, 5) is 19.2. The molecular formula is C16H25ClN4O2. The summed E-state index contributed by atoms with van der Waals surface area (Å²) in [5.74, 6) is 0.631. The van der Waals surface area contributed by atoms with Gasteiger partial charge in [0.25, 0.3) is 0 Å². The molecule has 0 fully saturated rings. The number of ether oxygens (including phenoxy) is 1. The Labute approximate surface area is 142 Å². The van der Waals surface area contributed by atoms with Crippen LogP contribution in [-0.2, 0) is 16.0 Å². The van der Waals surface area contributed by atoms with Gasteiger partial charge < -0.3 is 15.4 Å². The van der Waals surface area contributed by atoms with Crippen molar-refractivity contribution in [2.24, 2.45) is 4.99 Å². The van der Waals surface area contributed by atoms with Crippen LogP contribution >= 0.6 is 11.6 Å². The summed E-state index contributed by atoms with van der Waals surface area (Å²) in [6.07, 6.45) is 5.93. The number of methoxy groups -OCH3 is 1. The standard InChI is InChI=1S/C16H25ClN4O2/c1-18-16(19-10-5-3-4-6-15(22)23-2)20-11-9-13-7-8-14(17)21-12-13/h7-8,12H,3-6,9-11H2,1-2H3,(H2,18,19,20). The number of esters is 1. The van der Waals surface area contributed by atoms with E-state index in [0.29, 0.717) is 11.6 Å². The van der Waals surface area contributed by atoms with Crippen LogP contribution in [-0.4, -0.2) is 44.2 Å². The molecule has 6 nitrogen and oxygen atoms in total. The highest BCUT2D eigenvalue weighted by Gasteiger charge is 2.01. The van der Waals surface area contributed by atoms with E-state index in [0.717, 1.165) is 50.3 Å². The van der Waals surface area contributed by atoms with Crippen molar-refractivity contribution < 1.29 is 9.53 Å². The van der Waals surface area contributed by atoms with Gasteiger partial charge >= 0.3 is 5.97 Å². The topological polar surface area (TPSA) is 75.6 Å². The van der Waals surface area contributed by atoms with Crippen LogP contribution in [0.2, 0.25) is 5.15 Å². The van der Waals surface area contributed by atoms with Gasteiger partial charge in [0.15, 0.2) is 5.96 Å². The molecule has 0 aliphatic rings. The highest BCUT2D eigenvalue weighted by Crippen LogP contribution is 2.05. The quantitative estimate of drug-likeness (QED) is 0.237. The zero-order valence-electron chi connectivity index (χ0n) is 13.8. The van der Waals surface area contributed by atoms with Crippen LogP contribution in [0.15, 0.2) is 23.3 Å². The zero-order chi connectivity index (χ0) is 16.9. The summed E-state index contributed by atoms with van der Waals surface area (Å²) in [5, 5.41) is 7.01. The molecule has 0 saturated carbocycles. The Morgan fingerprint density at radius 3 is 2.70 bits per heavy atom. The van der Waals surface area contributed by atoms with Crippen molar-refractivity contribution in [1.82, 2.24) is 15.6 Å². The number of rotatable bonds is 9. The smallest absolute Gasteiger partial charge is 0.305 e. The largest absolute Gasteiger partial charge is 0.469 e. The van der Waals surface area contributed by atoms with Crippen LogP contribution in [0.4, 0.5) is 0 Å². The molecular weight excluding hydrogens is 316 g/mol. The van der Waals surface area contributed by atoms with Gasteiger partial charge in [-0.2, -0.15) is 0 Å². The number of carbonyl (C=O) groups excluding carboxylic acids is 1. The van der Waals surface area contributed by atoms with Crippen molar-refractivity contribution in [2.45, 2.75) is 32.1 Å². The van der Waals surface area contributed by atoms with Gasteiger partial charge in [-0.15, -0.1) is 0 Å². The molecule has 0 unspecified atom stereocenters.